The number of ether oxygens (including phenoxy) is 1. The molecule has 1 fully saturated rings. The molecule has 4 rings (SSSR count). The first kappa shape index (κ1) is 18.9. The summed E-state index contributed by atoms with van der Waals surface area (Å²) in [4.78, 5) is 12.7. The van der Waals surface area contributed by atoms with Crippen molar-refractivity contribution in [2.45, 2.75) is 31.2 Å². The molecule has 1 saturated heterocycles. The molecule has 2 aliphatic rings. The van der Waals surface area contributed by atoms with Crippen molar-refractivity contribution in [2.24, 2.45) is 0 Å². The molecule has 0 spiro atoms. The third-order valence-corrected chi connectivity index (χ3v) is 5.44. The monoisotopic (exact) mass is 376 g/mol. The van der Waals surface area contributed by atoms with Gasteiger partial charge in [0.2, 0.25) is 0 Å². The number of amides is 1. The second-order valence-electron chi connectivity index (χ2n) is 6.90. The summed E-state index contributed by atoms with van der Waals surface area (Å²) >= 11 is 0. The van der Waals surface area contributed by atoms with Crippen LogP contribution in [0.15, 0.2) is 30.3 Å². The molecule has 0 bridgehead atoms. The summed E-state index contributed by atoms with van der Waals surface area (Å²) in [7, 11) is 0. The van der Waals surface area contributed by atoms with Crippen LogP contribution in [0.3, 0.4) is 0 Å². The molecule has 0 atom stereocenters. The zero-order valence-corrected chi connectivity index (χ0v) is 15.5. The van der Waals surface area contributed by atoms with E-state index in [0.717, 1.165) is 50.3 Å². The highest BCUT2D eigenvalue weighted by atomic mass is 35.5. The predicted molar refractivity (Wildman–Crippen MR) is 102 cm³/mol. The highest BCUT2D eigenvalue weighted by molar-refractivity contribution is 5.94. The van der Waals surface area contributed by atoms with Gasteiger partial charge in [-0.2, -0.15) is 5.10 Å². The normalized spacial score (nSPS) is 18.5. The Bertz CT molecular complexity index is 741. The highest BCUT2D eigenvalue weighted by Gasteiger charge is 2.35. The molecule has 0 unspecified atom stereocenters. The molecule has 1 amide bonds. The average Bonchev–Trinajstić information content (AvgIpc) is 3.12. The Morgan fingerprint density at radius 1 is 1.23 bits per heavy atom. The smallest absolute Gasteiger partial charge is 0.272 e. The van der Waals surface area contributed by atoms with Gasteiger partial charge in [0.1, 0.15) is 0 Å². The predicted octanol–water partition coefficient (Wildman–Crippen LogP) is 1.96. The largest absolute Gasteiger partial charge is 0.381 e. The lowest BCUT2D eigenvalue weighted by molar-refractivity contribution is 0.0486. The third-order valence-electron chi connectivity index (χ3n) is 5.44. The molecule has 0 aliphatic carbocycles. The van der Waals surface area contributed by atoms with E-state index >= 15 is 0 Å². The molecule has 0 radical (unpaired) electrons. The zero-order valence-electron chi connectivity index (χ0n) is 14.7. The van der Waals surface area contributed by atoms with Gasteiger partial charge in [-0.05, 0) is 18.4 Å². The number of rotatable bonds is 4. The van der Waals surface area contributed by atoms with Gasteiger partial charge in [-0.3, -0.25) is 9.89 Å². The van der Waals surface area contributed by atoms with Crippen LogP contribution >= 0.6 is 12.4 Å². The topological polar surface area (TPSA) is 79.0 Å². The molecule has 140 valence electrons. The maximum absolute atomic E-state index is 12.7. The summed E-state index contributed by atoms with van der Waals surface area (Å²) in [5.74, 6) is -0.0944. The molecular formula is C19H25ClN4O2. The SMILES string of the molecule is Cl.O=C(NCC1(c2ccccc2)CCOCC1)c1n[nH]c2c1CNCC2. The second kappa shape index (κ2) is 8.20. The van der Waals surface area contributed by atoms with Gasteiger partial charge in [-0.25, -0.2) is 0 Å². The number of nitrogens with zero attached hydrogens (tertiary/aromatic N) is 1. The van der Waals surface area contributed by atoms with Crippen LogP contribution in [0.1, 0.15) is 40.2 Å². The van der Waals surface area contributed by atoms with Crippen LogP contribution in [0.2, 0.25) is 0 Å². The fourth-order valence-corrected chi connectivity index (χ4v) is 3.87. The molecule has 2 aromatic rings. The van der Waals surface area contributed by atoms with Gasteiger partial charge < -0.3 is 15.4 Å². The summed E-state index contributed by atoms with van der Waals surface area (Å²) in [6.45, 7) is 3.69. The fraction of sp³-hybridized carbons (Fsp3) is 0.474. The minimum Gasteiger partial charge on any atom is -0.381 e. The van der Waals surface area contributed by atoms with Crippen molar-refractivity contribution >= 4 is 18.3 Å². The maximum atomic E-state index is 12.7. The molecule has 2 aliphatic heterocycles. The quantitative estimate of drug-likeness (QED) is 0.762. The molecule has 7 heteroatoms. The molecule has 3 N–H and O–H groups in total. The Morgan fingerprint density at radius 2 is 2.00 bits per heavy atom. The van der Waals surface area contributed by atoms with Crippen LogP contribution in [0, 0.1) is 0 Å². The van der Waals surface area contributed by atoms with Crippen LogP contribution in [0.4, 0.5) is 0 Å². The number of carbonyl (C=O) groups excluding carboxylic acids is 1. The maximum Gasteiger partial charge on any atom is 0.272 e. The number of H-pyrrole nitrogens is 1. The van der Waals surface area contributed by atoms with Crippen LogP contribution in [0.25, 0.3) is 0 Å². The molecule has 6 nitrogen and oxygen atoms in total. The van der Waals surface area contributed by atoms with E-state index in [0.29, 0.717) is 18.8 Å². The van der Waals surface area contributed by atoms with E-state index < -0.39 is 0 Å². The van der Waals surface area contributed by atoms with E-state index in [1.165, 1.54) is 5.56 Å². The Morgan fingerprint density at radius 3 is 2.77 bits per heavy atom. The van der Waals surface area contributed by atoms with Gasteiger partial charge in [-0.1, -0.05) is 30.3 Å². The number of halogens is 1. The van der Waals surface area contributed by atoms with Crippen molar-refractivity contribution in [3.8, 4) is 0 Å². The van der Waals surface area contributed by atoms with Gasteiger partial charge in [0.25, 0.3) is 5.91 Å². The Labute approximate surface area is 159 Å². The minimum atomic E-state index is -0.0944. The van der Waals surface area contributed by atoms with E-state index in [-0.39, 0.29) is 23.7 Å². The van der Waals surface area contributed by atoms with Gasteiger partial charge in [-0.15, -0.1) is 12.4 Å². The number of hydrogen-bond acceptors (Lipinski definition) is 4. The van der Waals surface area contributed by atoms with Crippen molar-refractivity contribution in [3.05, 3.63) is 52.8 Å². The zero-order chi connectivity index (χ0) is 17.1. The Hall–Kier alpha value is -1.89. The first-order chi connectivity index (χ1) is 12.3. The van der Waals surface area contributed by atoms with Crippen molar-refractivity contribution in [1.29, 1.82) is 0 Å². The first-order valence-electron chi connectivity index (χ1n) is 8.97. The number of carbonyl (C=O) groups is 1. The summed E-state index contributed by atoms with van der Waals surface area (Å²) in [5.41, 5.74) is 3.81. The lowest BCUT2D eigenvalue weighted by Gasteiger charge is -2.38. The van der Waals surface area contributed by atoms with Crippen LogP contribution in [-0.2, 0) is 23.1 Å². The Kier molecular flexibility index (Phi) is 5.96. The highest BCUT2D eigenvalue weighted by Crippen LogP contribution is 2.34. The fourth-order valence-electron chi connectivity index (χ4n) is 3.87. The summed E-state index contributed by atoms with van der Waals surface area (Å²) in [5, 5.41) is 13.7. The molecule has 3 heterocycles. The summed E-state index contributed by atoms with van der Waals surface area (Å²) in [6.07, 6.45) is 2.72. The van der Waals surface area contributed by atoms with E-state index in [1.54, 1.807) is 0 Å². The number of fused-ring (bicyclic) bond motifs is 1. The van der Waals surface area contributed by atoms with Crippen LogP contribution < -0.4 is 10.6 Å². The average molecular weight is 377 g/mol. The second-order valence-corrected chi connectivity index (χ2v) is 6.90. The molecule has 1 aromatic heterocycles. The number of aromatic nitrogens is 2. The molecule has 0 saturated carbocycles. The Balaban J connectivity index is 0.00000196. The summed E-state index contributed by atoms with van der Waals surface area (Å²) in [6, 6.07) is 10.4. The van der Waals surface area contributed by atoms with Crippen molar-refractivity contribution < 1.29 is 9.53 Å². The van der Waals surface area contributed by atoms with E-state index in [9.17, 15) is 4.79 Å². The van der Waals surface area contributed by atoms with E-state index in [4.69, 9.17) is 4.74 Å². The van der Waals surface area contributed by atoms with Crippen molar-refractivity contribution in [2.75, 3.05) is 26.3 Å². The minimum absolute atomic E-state index is 0. The standard InChI is InChI=1S/C19H24N4O2.ClH/c24-18(17-15-12-20-9-6-16(15)22-23-17)21-13-19(7-10-25-11-8-19)14-4-2-1-3-5-14;/h1-5,20H,6-13H2,(H,21,24)(H,22,23);1H. The molecule has 1 aromatic carbocycles. The van der Waals surface area contributed by atoms with Crippen molar-refractivity contribution in [1.82, 2.24) is 20.8 Å². The summed E-state index contributed by atoms with van der Waals surface area (Å²) < 4.78 is 5.56. The van der Waals surface area contributed by atoms with E-state index in [2.05, 4.69) is 45.1 Å². The lowest BCUT2D eigenvalue weighted by atomic mass is 9.74. The lowest BCUT2D eigenvalue weighted by Crippen LogP contribution is -2.45. The first-order valence-corrected chi connectivity index (χ1v) is 8.97. The number of nitrogens with one attached hydrogen (secondary N) is 3. The van der Waals surface area contributed by atoms with Crippen molar-refractivity contribution in [3.63, 3.8) is 0 Å². The molecule has 26 heavy (non-hydrogen) atoms. The van der Waals surface area contributed by atoms with Gasteiger partial charge >= 0.3 is 0 Å². The van der Waals surface area contributed by atoms with Crippen LogP contribution in [-0.4, -0.2) is 42.4 Å². The van der Waals surface area contributed by atoms with Gasteiger partial charge in [0.05, 0.1) is 0 Å². The number of hydrogen-bond donors (Lipinski definition) is 3. The molecular weight excluding hydrogens is 352 g/mol. The third kappa shape index (κ3) is 3.63. The van der Waals surface area contributed by atoms with Crippen LogP contribution in [0.5, 0.6) is 0 Å². The van der Waals surface area contributed by atoms with E-state index in [1.807, 2.05) is 6.07 Å². The number of benzene rings is 1. The van der Waals surface area contributed by atoms with Gasteiger partial charge in [0.15, 0.2) is 5.69 Å². The van der Waals surface area contributed by atoms with Gasteiger partial charge in [0, 0.05) is 55.9 Å². The number of aromatic amines is 1.